The quantitative estimate of drug-likeness (QED) is 0.775. The lowest BCUT2D eigenvalue weighted by molar-refractivity contribution is -0.142. The van der Waals surface area contributed by atoms with E-state index < -0.39 is 0 Å². The standard InChI is InChI=1S/C14H13NO3/c1-11(16)17-10-13-9-15-14(18-13)8-7-12-5-3-2-4-6-12/h2-9H,10H2,1H3/b8-7+. The number of nitrogens with zero attached hydrogens (tertiary/aromatic N) is 1. The summed E-state index contributed by atoms with van der Waals surface area (Å²) >= 11 is 0. The highest BCUT2D eigenvalue weighted by Crippen LogP contribution is 2.09. The number of hydrogen-bond donors (Lipinski definition) is 0. The second-order valence-corrected chi connectivity index (χ2v) is 3.69. The molecule has 0 saturated carbocycles. The van der Waals surface area contributed by atoms with Crippen molar-refractivity contribution in [1.82, 2.24) is 4.98 Å². The largest absolute Gasteiger partial charge is 0.458 e. The first kappa shape index (κ1) is 12.1. The minimum atomic E-state index is -0.340. The monoisotopic (exact) mass is 243 g/mol. The Bertz CT molecular complexity index is 543. The van der Waals surface area contributed by atoms with Gasteiger partial charge < -0.3 is 9.15 Å². The SMILES string of the molecule is CC(=O)OCc1cnc(/C=C/c2ccccc2)o1. The number of carbonyl (C=O) groups excluding carboxylic acids is 1. The van der Waals surface area contributed by atoms with Crippen molar-refractivity contribution in [3.05, 3.63) is 53.7 Å². The maximum atomic E-state index is 10.6. The van der Waals surface area contributed by atoms with Gasteiger partial charge >= 0.3 is 5.97 Å². The second-order valence-electron chi connectivity index (χ2n) is 3.69. The maximum Gasteiger partial charge on any atom is 0.303 e. The third kappa shape index (κ3) is 3.59. The van der Waals surface area contributed by atoms with Crippen LogP contribution >= 0.6 is 0 Å². The van der Waals surface area contributed by atoms with Gasteiger partial charge in [-0.05, 0) is 11.6 Å². The number of ether oxygens (including phenoxy) is 1. The van der Waals surface area contributed by atoms with Crippen LogP contribution in [0.3, 0.4) is 0 Å². The topological polar surface area (TPSA) is 52.3 Å². The molecule has 0 fully saturated rings. The van der Waals surface area contributed by atoms with Gasteiger partial charge in [-0.2, -0.15) is 0 Å². The summed E-state index contributed by atoms with van der Waals surface area (Å²) in [5.74, 6) is 0.673. The fourth-order valence-corrected chi connectivity index (χ4v) is 1.37. The number of esters is 1. The van der Waals surface area contributed by atoms with Crippen LogP contribution in [0.15, 0.2) is 40.9 Å². The predicted molar refractivity (Wildman–Crippen MR) is 67.3 cm³/mol. The van der Waals surface area contributed by atoms with E-state index in [9.17, 15) is 4.79 Å². The Kier molecular flexibility index (Phi) is 3.91. The first-order chi connectivity index (χ1) is 8.74. The lowest BCUT2D eigenvalue weighted by Crippen LogP contribution is -1.97. The zero-order valence-electron chi connectivity index (χ0n) is 10.00. The van der Waals surface area contributed by atoms with Crippen molar-refractivity contribution in [1.29, 1.82) is 0 Å². The maximum absolute atomic E-state index is 10.6. The zero-order chi connectivity index (χ0) is 12.8. The van der Waals surface area contributed by atoms with E-state index in [4.69, 9.17) is 9.15 Å². The molecule has 0 amide bonds. The number of rotatable bonds is 4. The molecular weight excluding hydrogens is 230 g/mol. The van der Waals surface area contributed by atoms with E-state index >= 15 is 0 Å². The van der Waals surface area contributed by atoms with Gasteiger partial charge in [-0.1, -0.05) is 30.3 Å². The highest BCUT2D eigenvalue weighted by Gasteiger charge is 2.02. The minimum Gasteiger partial charge on any atom is -0.458 e. The molecule has 1 heterocycles. The van der Waals surface area contributed by atoms with Crippen LogP contribution in [0, 0.1) is 0 Å². The van der Waals surface area contributed by atoms with Crippen LogP contribution in [0.1, 0.15) is 24.1 Å². The minimum absolute atomic E-state index is 0.113. The molecule has 0 aliphatic carbocycles. The highest BCUT2D eigenvalue weighted by molar-refractivity contribution is 5.66. The van der Waals surface area contributed by atoms with Crippen LogP contribution < -0.4 is 0 Å². The number of hydrogen-bond acceptors (Lipinski definition) is 4. The lowest BCUT2D eigenvalue weighted by Gasteiger charge is -1.95. The predicted octanol–water partition coefficient (Wildman–Crippen LogP) is 2.91. The first-order valence-electron chi connectivity index (χ1n) is 5.55. The van der Waals surface area contributed by atoms with Crippen molar-refractivity contribution in [3.63, 3.8) is 0 Å². The molecule has 1 aromatic carbocycles. The summed E-state index contributed by atoms with van der Waals surface area (Å²) in [5, 5.41) is 0. The number of carbonyl (C=O) groups is 1. The molecule has 2 aromatic rings. The summed E-state index contributed by atoms with van der Waals surface area (Å²) in [6.07, 6.45) is 5.22. The van der Waals surface area contributed by atoms with Crippen molar-refractivity contribution in [2.45, 2.75) is 13.5 Å². The van der Waals surface area contributed by atoms with Crippen molar-refractivity contribution in [2.24, 2.45) is 0 Å². The summed E-state index contributed by atoms with van der Waals surface area (Å²) in [5.41, 5.74) is 1.07. The van der Waals surface area contributed by atoms with Crippen LogP contribution in [-0.2, 0) is 16.1 Å². The summed E-state index contributed by atoms with van der Waals surface area (Å²) in [7, 11) is 0. The summed E-state index contributed by atoms with van der Waals surface area (Å²) in [6, 6.07) is 9.85. The van der Waals surface area contributed by atoms with E-state index in [0.29, 0.717) is 11.7 Å². The Balaban J connectivity index is 1.98. The van der Waals surface area contributed by atoms with Gasteiger partial charge in [0.15, 0.2) is 12.4 Å². The summed E-state index contributed by atoms with van der Waals surface area (Å²) < 4.78 is 10.2. The summed E-state index contributed by atoms with van der Waals surface area (Å²) in [6.45, 7) is 1.47. The van der Waals surface area contributed by atoms with Crippen LogP contribution in [0.4, 0.5) is 0 Å². The van der Waals surface area contributed by atoms with Crippen LogP contribution in [0.25, 0.3) is 12.2 Å². The number of aromatic nitrogens is 1. The van der Waals surface area contributed by atoms with Gasteiger partial charge in [0.2, 0.25) is 5.89 Å². The smallest absolute Gasteiger partial charge is 0.303 e. The van der Waals surface area contributed by atoms with Gasteiger partial charge in [-0.15, -0.1) is 0 Å². The normalized spacial score (nSPS) is 10.7. The molecule has 0 unspecified atom stereocenters. The van der Waals surface area contributed by atoms with Gasteiger partial charge in [-0.25, -0.2) is 4.98 Å². The molecule has 4 heteroatoms. The van der Waals surface area contributed by atoms with Crippen LogP contribution in [0.5, 0.6) is 0 Å². The van der Waals surface area contributed by atoms with E-state index in [1.54, 1.807) is 12.3 Å². The molecule has 4 nitrogen and oxygen atoms in total. The Morgan fingerprint density at radius 2 is 2.11 bits per heavy atom. The molecular formula is C14H13NO3. The van der Waals surface area contributed by atoms with Crippen molar-refractivity contribution in [3.8, 4) is 0 Å². The second kappa shape index (κ2) is 5.82. The zero-order valence-corrected chi connectivity index (χ0v) is 10.00. The molecule has 0 N–H and O–H groups in total. The van der Waals surface area contributed by atoms with Gasteiger partial charge in [-0.3, -0.25) is 4.79 Å². The fourth-order valence-electron chi connectivity index (χ4n) is 1.37. The Morgan fingerprint density at radius 1 is 1.33 bits per heavy atom. The molecule has 2 rings (SSSR count). The molecule has 0 spiro atoms. The average molecular weight is 243 g/mol. The lowest BCUT2D eigenvalue weighted by atomic mass is 10.2. The fraction of sp³-hybridized carbons (Fsp3) is 0.143. The van der Waals surface area contributed by atoms with Crippen molar-refractivity contribution in [2.75, 3.05) is 0 Å². The molecule has 0 bridgehead atoms. The molecule has 0 radical (unpaired) electrons. The van der Waals surface area contributed by atoms with Crippen molar-refractivity contribution >= 4 is 18.1 Å². The molecule has 18 heavy (non-hydrogen) atoms. The Morgan fingerprint density at radius 3 is 2.83 bits per heavy atom. The third-order valence-electron chi connectivity index (χ3n) is 2.21. The van der Waals surface area contributed by atoms with Crippen LogP contribution in [0.2, 0.25) is 0 Å². The van der Waals surface area contributed by atoms with Gasteiger partial charge in [0.25, 0.3) is 0 Å². The highest BCUT2D eigenvalue weighted by atomic mass is 16.5. The molecule has 0 aliphatic heterocycles. The third-order valence-corrected chi connectivity index (χ3v) is 2.21. The Hall–Kier alpha value is -2.36. The molecule has 0 atom stereocenters. The van der Waals surface area contributed by atoms with Gasteiger partial charge in [0.05, 0.1) is 6.20 Å². The molecule has 0 aliphatic rings. The number of benzene rings is 1. The molecule has 0 saturated heterocycles. The molecule has 1 aromatic heterocycles. The van der Waals surface area contributed by atoms with E-state index in [0.717, 1.165) is 5.56 Å². The first-order valence-corrected chi connectivity index (χ1v) is 5.55. The molecule has 92 valence electrons. The van der Waals surface area contributed by atoms with E-state index in [1.807, 2.05) is 36.4 Å². The van der Waals surface area contributed by atoms with Gasteiger partial charge in [0, 0.05) is 13.0 Å². The number of oxazole rings is 1. The summed E-state index contributed by atoms with van der Waals surface area (Å²) in [4.78, 5) is 14.7. The average Bonchev–Trinajstić information content (AvgIpc) is 2.83. The van der Waals surface area contributed by atoms with E-state index in [-0.39, 0.29) is 12.6 Å². The van der Waals surface area contributed by atoms with Crippen LogP contribution in [-0.4, -0.2) is 11.0 Å². The van der Waals surface area contributed by atoms with Crippen molar-refractivity contribution < 1.29 is 13.9 Å². The van der Waals surface area contributed by atoms with E-state index in [1.165, 1.54) is 6.92 Å². The van der Waals surface area contributed by atoms with E-state index in [2.05, 4.69) is 4.98 Å². The van der Waals surface area contributed by atoms with Gasteiger partial charge in [0.1, 0.15) is 0 Å². The Labute approximate surface area is 105 Å².